The third-order valence-electron chi connectivity index (χ3n) is 8.41. The van der Waals surface area contributed by atoms with Crippen molar-refractivity contribution < 1.29 is 34.1 Å². The molecule has 1 aliphatic heterocycles. The molecule has 3 atom stereocenters. The van der Waals surface area contributed by atoms with Crippen LogP contribution in [-0.2, 0) is 25.7 Å². The normalized spacial score (nSPS) is 17.2. The molecule has 0 aliphatic carbocycles. The molecule has 262 valence electrons. The molecule has 4 aromatic carbocycles. The topological polar surface area (TPSA) is 160 Å². The Bertz CT molecular complexity index is 1720. The van der Waals surface area contributed by atoms with Crippen LogP contribution in [0, 0.1) is 0 Å². The number of carbonyl (C=O) groups is 3. The maximum Gasteiger partial charge on any atom is 0.335 e. The first-order chi connectivity index (χ1) is 24.3. The molecule has 0 radical (unpaired) electrons. The molecule has 4 aromatic rings. The van der Waals surface area contributed by atoms with Crippen LogP contribution in [0.1, 0.15) is 84.4 Å². The summed E-state index contributed by atoms with van der Waals surface area (Å²) in [5.74, 6) is -0.458. The number of amides is 2. The summed E-state index contributed by atoms with van der Waals surface area (Å²) in [6.07, 6.45) is 3.55. The van der Waals surface area contributed by atoms with E-state index < -0.39 is 12.3 Å². The first-order valence-corrected chi connectivity index (χ1v) is 17.8. The number of aromatic carboxylic acids is 1. The molecular weight excluding hydrogens is 655 g/mol. The van der Waals surface area contributed by atoms with Crippen molar-refractivity contribution >= 4 is 46.6 Å². The number of ether oxygens (including phenoxy) is 2. The molecule has 5 rings (SSSR count). The fourth-order valence-corrected chi connectivity index (χ4v) is 6.52. The lowest BCUT2D eigenvalue weighted by Gasteiger charge is -2.36. The molecule has 1 saturated heterocycles. The summed E-state index contributed by atoms with van der Waals surface area (Å²) in [5, 5.41) is 24.5. The number of hydrogen-bond donors (Lipinski definition) is 5. The van der Waals surface area contributed by atoms with E-state index in [-0.39, 0.29) is 36.2 Å². The number of para-hydroxylation sites is 2. The van der Waals surface area contributed by atoms with E-state index in [4.69, 9.17) is 15.2 Å². The average molecular weight is 698 g/mol. The number of nitrogen functional groups attached to an aromatic ring is 1. The van der Waals surface area contributed by atoms with Crippen LogP contribution in [-0.4, -0.2) is 39.9 Å². The molecule has 10 nitrogen and oxygen atoms in total. The molecule has 6 N–H and O–H groups in total. The summed E-state index contributed by atoms with van der Waals surface area (Å²) in [6, 6.07) is 29.1. The maximum atomic E-state index is 12.6. The van der Waals surface area contributed by atoms with Crippen LogP contribution in [0.15, 0.2) is 102 Å². The molecule has 0 aromatic heterocycles. The Hall–Kier alpha value is -4.68. The number of nitrogens with one attached hydrogen (secondary N) is 2. The number of carboxylic acids is 1. The molecule has 1 heterocycles. The van der Waals surface area contributed by atoms with Crippen molar-refractivity contribution in [3.05, 3.63) is 119 Å². The number of unbranched alkanes of at least 4 members (excludes halogenated alkanes) is 3. The fraction of sp³-hybridized carbons (Fsp3) is 0.308. The molecule has 0 saturated carbocycles. The van der Waals surface area contributed by atoms with Gasteiger partial charge in [0.1, 0.15) is 0 Å². The van der Waals surface area contributed by atoms with Crippen LogP contribution < -0.4 is 16.4 Å². The van der Waals surface area contributed by atoms with E-state index in [1.165, 1.54) is 0 Å². The SMILES string of the molecule is Nc1ccccc1NC(=O)CCCCCCC(=O)Nc1ccc([C@H]2O[C@@H](CSc3ccc(C(=O)O)cc3)C[C@@H](c3ccc(CO)cc3)O2)cc1. The predicted molar refractivity (Wildman–Crippen MR) is 195 cm³/mol. The summed E-state index contributed by atoms with van der Waals surface area (Å²) in [7, 11) is 0. The predicted octanol–water partition coefficient (Wildman–Crippen LogP) is 7.71. The van der Waals surface area contributed by atoms with Crippen LogP contribution in [0.4, 0.5) is 17.1 Å². The van der Waals surface area contributed by atoms with Crippen LogP contribution in [0.5, 0.6) is 0 Å². The first kappa shape index (κ1) is 36.6. The number of aliphatic hydroxyl groups is 1. The highest BCUT2D eigenvalue weighted by atomic mass is 32.2. The number of carbonyl (C=O) groups excluding carboxylic acids is 2. The van der Waals surface area contributed by atoms with Crippen LogP contribution >= 0.6 is 11.8 Å². The second-order valence-corrected chi connectivity index (χ2v) is 13.3. The number of anilines is 3. The van der Waals surface area contributed by atoms with Gasteiger partial charge in [-0.25, -0.2) is 4.79 Å². The standard InChI is InChI=1S/C39H43N3O7S/c40-33-7-5-6-8-34(33)42-37(45)10-4-2-1-3-9-36(44)41-30-19-15-29(16-20-30)39-48-31(25-50-32-21-17-28(18-22-32)38(46)47)23-35(49-39)27-13-11-26(24-43)12-14-27/h5-8,11-22,31,35,39,43H,1-4,9-10,23-25,40H2,(H,41,44)(H,42,45)(H,46,47)/t31-,35+,39+/m1/s1. The largest absolute Gasteiger partial charge is 0.478 e. The van der Waals surface area contributed by atoms with E-state index in [1.54, 1.807) is 48.2 Å². The van der Waals surface area contributed by atoms with Gasteiger partial charge in [0.25, 0.3) is 0 Å². The summed E-state index contributed by atoms with van der Waals surface area (Å²) in [5.41, 5.74) is 10.6. The fourth-order valence-electron chi connectivity index (χ4n) is 5.60. The van der Waals surface area contributed by atoms with Crippen LogP contribution in [0.25, 0.3) is 0 Å². The highest BCUT2D eigenvalue weighted by Crippen LogP contribution is 2.39. The maximum absolute atomic E-state index is 12.6. The molecule has 1 fully saturated rings. The summed E-state index contributed by atoms with van der Waals surface area (Å²) < 4.78 is 12.8. The molecule has 11 heteroatoms. The zero-order valence-corrected chi connectivity index (χ0v) is 28.6. The Morgan fingerprint density at radius 2 is 1.40 bits per heavy atom. The van der Waals surface area contributed by atoms with Gasteiger partial charge < -0.3 is 36.1 Å². The Labute approximate surface area is 296 Å². The molecule has 0 unspecified atom stereocenters. The van der Waals surface area contributed by atoms with Gasteiger partial charge in [-0.3, -0.25) is 9.59 Å². The molecule has 0 spiro atoms. The van der Waals surface area contributed by atoms with Gasteiger partial charge in [-0.15, -0.1) is 11.8 Å². The second kappa shape index (κ2) is 18.4. The van der Waals surface area contributed by atoms with Crippen molar-refractivity contribution in [3.63, 3.8) is 0 Å². The number of carboxylic acid groups (broad SMARTS) is 1. The number of benzene rings is 4. The molecule has 50 heavy (non-hydrogen) atoms. The van der Waals surface area contributed by atoms with Gasteiger partial charge in [0.05, 0.1) is 35.8 Å². The van der Waals surface area contributed by atoms with Gasteiger partial charge in [0, 0.05) is 41.2 Å². The lowest BCUT2D eigenvalue weighted by Crippen LogP contribution is -2.31. The zero-order valence-electron chi connectivity index (χ0n) is 27.8. The summed E-state index contributed by atoms with van der Waals surface area (Å²) >= 11 is 1.59. The summed E-state index contributed by atoms with van der Waals surface area (Å²) in [6.45, 7) is -0.0352. The highest BCUT2D eigenvalue weighted by molar-refractivity contribution is 7.99. The van der Waals surface area contributed by atoms with Crippen molar-refractivity contribution in [1.29, 1.82) is 0 Å². The molecule has 1 aliphatic rings. The van der Waals surface area contributed by atoms with E-state index in [0.717, 1.165) is 47.3 Å². The van der Waals surface area contributed by atoms with E-state index in [1.807, 2.05) is 60.7 Å². The van der Waals surface area contributed by atoms with Crippen LogP contribution in [0.2, 0.25) is 0 Å². The number of rotatable bonds is 16. The Kier molecular flexibility index (Phi) is 13.4. The Morgan fingerprint density at radius 1 is 0.760 bits per heavy atom. The van der Waals surface area contributed by atoms with Crippen molar-refractivity contribution in [3.8, 4) is 0 Å². The number of hydrogen-bond acceptors (Lipinski definition) is 8. The van der Waals surface area contributed by atoms with Gasteiger partial charge in [-0.2, -0.15) is 0 Å². The number of thioether (sulfide) groups is 1. The van der Waals surface area contributed by atoms with Gasteiger partial charge in [0.2, 0.25) is 11.8 Å². The van der Waals surface area contributed by atoms with E-state index >= 15 is 0 Å². The first-order valence-electron chi connectivity index (χ1n) is 16.8. The van der Waals surface area contributed by atoms with Gasteiger partial charge in [0.15, 0.2) is 6.29 Å². The zero-order chi connectivity index (χ0) is 35.3. The minimum absolute atomic E-state index is 0.0352. The third kappa shape index (κ3) is 10.9. The van der Waals surface area contributed by atoms with Crippen molar-refractivity contribution in [2.24, 2.45) is 0 Å². The lowest BCUT2D eigenvalue weighted by atomic mass is 10.0. The van der Waals surface area contributed by atoms with Gasteiger partial charge in [-0.05, 0) is 72.5 Å². The van der Waals surface area contributed by atoms with E-state index in [0.29, 0.717) is 42.1 Å². The minimum atomic E-state index is -0.959. The van der Waals surface area contributed by atoms with Crippen molar-refractivity contribution in [2.75, 3.05) is 22.1 Å². The Balaban J connectivity index is 1.10. The highest BCUT2D eigenvalue weighted by Gasteiger charge is 2.32. The van der Waals surface area contributed by atoms with Crippen LogP contribution in [0.3, 0.4) is 0 Å². The molecule has 0 bridgehead atoms. The number of aliphatic hydroxyl groups excluding tert-OH is 1. The van der Waals surface area contributed by atoms with E-state index in [2.05, 4.69) is 10.6 Å². The Morgan fingerprint density at radius 3 is 2.04 bits per heavy atom. The quantitative estimate of drug-likeness (QED) is 0.0449. The average Bonchev–Trinajstić information content (AvgIpc) is 3.13. The van der Waals surface area contributed by atoms with Gasteiger partial charge >= 0.3 is 5.97 Å². The monoisotopic (exact) mass is 697 g/mol. The van der Waals surface area contributed by atoms with Crippen molar-refractivity contribution in [1.82, 2.24) is 0 Å². The second-order valence-electron chi connectivity index (χ2n) is 12.2. The summed E-state index contributed by atoms with van der Waals surface area (Å²) in [4.78, 5) is 37.0. The minimum Gasteiger partial charge on any atom is -0.478 e. The van der Waals surface area contributed by atoms with Gasteiger partial charge in [-0.1, -0.05) is 61.4 Å². The smallest absolute Gasteiger partial charge is 0.335 e. The lowest BCUT2D eigenvalue weighted by molar-refractivity contribution is -0.245. The van der Waals surface area contributed by atoms with E-state index in [9.17, 15) is 24.6 Å². The molecular formula is C39H43N3O7S. The number of nitrogens with two attached hydrogens (primary N) is 1. The van der Waals surface area contributed by atoms with Crippen molar-refractivity contribution in [2.45, 2.75) is 74.9 Å². The third-order valence-corrected chi connectivity index (χ3v) is 9.56. The molecule has 2 amide bonds.